The summed E-state index contributed by atoms with van der Waals surface area (Å²) in [5.41, 5.74) is 1.10. The maximum absolute atomic E-state index is 12.9. The molecule has 0 aliphatic rings. The summed E-state index contributed by atoms with van der Waals surface area (Å²) in [6, 6.07) is 5.37. The molecule has 88 valence electrons. The van der Waals surface area contributed by atoms with E-state index in [1.807, 2.05) is 0 Å². The van der Waals surface area contributed by atoms with Crippen LogP contribution in [0.25, 0.3) is 0 Å². The van der Waals surface area contributed by atoms with Crippen molar-refractivity contribution in [1.82, 2.24) is 4.98 Å². The molecule has 0 bridgehead atoms. The van der Waals surface area contributed by atoms with Gasteiger partial charge in [-0.25, -0.2) is 13.2 Å². The Morgan fingerprint density at radius 1 is 1.00 bits per heavy atom. The first-order chi connectivity index (χ1) is 8.16. The van der Waals surface area contributed by atoms with E-state index >= 15 is 0 Å². The number of pyridine rings is 1. The number of hydrogen-bond acceptors (Lipinski definition) is 2. The summed E-state index contributed by atoms with van der Waals surface area (Å²) in [7, 11) is 0. The molecule has 1 aromatic carbocycles. The molecule has 0 saturated heterocycles. The highest BCUT2D eigenvalue weighted by Crippen LogP contribution is 2.17. The Bertz CT molecular complexity index is 491. The van der Waals surface area contributed by atoms with E-state index < -0.39 is 17.5 Å². The topological polar surface area (TPSA) is 24.9 Å². The lowest BCUT2D eigenvalue weighted by Crippen LogP contribution is -2.01. The van der Waals surface area contributed by atoms with Crippen LogP contribution in [0.1, 0.15) is 5.56 Å². The summed E-state index contributed by atoms with van der Waals surface area (Å²) >= 11 is 0. The molecule has 1 N–H and O–H groups in total. The molecule has 1 aromatic heterocycles. The van der Waals surface area contributed by atoms with Gasteiger partial charge in [0.15, 0.2) is 17.5 Å². The third-order valence-electron chi connectivity index (χ3n) is 2.23. The molecule has 0 saturated carbocycles. The quantitative estimate of drug-likeness (QED) is 0.831. The van der Waals surface area contributed by atoms with Gasteiger partial charge in [0.25, 0.3) is 0 Å². The van der Waals surface area contributed by atoms with E-state index in [0.29, 0.717) is 6.54 Å². The normalized spacial score (nSPS) is 10.3. The van der Waals surface area contributed by atoms with Gasteiger partial charge < -0.3 is 5.32 Å². The summed E-state index contributed by atoms with van der Waals surface area (Å²) in [6.45, 7) is 0.382. The van der Waals surface area contributed by atoms with Crippen LogP contribution in [-0.2, 0) is 6.54 Å². The van der Waals surface area contributed by atoms with Crippen LogP contribution >= 0.6 is 0 Å². The number of hydrogen-bond donors (Lipinski definition) is 1. The van der Waals surface area contributed by atoms with Gasteiger partial charge in [0.05, 0.1) is 0 Å². The molecule has 0 unspecified atom stereocenters. The van der Waals surface area contributed by atoms with Crippen molar-refractivity contribution in [3.8, 4) is 0 Å². The molecule has 2 rings (SSSR count). The average Bonchev–Trinajstić information content (AvgIpc) is 2.34. The zero-order valence-electron chi connectivity index (χ0n) is 8.75. The highest BCUT2D eigenvalue weighted by Gasteiger charge is 2.09. The van der Waals surface area contributed by atoms with Gasteiger partial charge in [0, 0.05) is 36.8 Å². The smallest absolute Gasteiger partial charge is 0.194 e. The predicted molar refractivity (Wildman–Crippen MR) is 57.9 cm³/mol. The van der Waals surface area contributed by atoms with Gasteiger partial charge >= 0.3 is 0 Å². The Labute approximate surface area is 96.1 Å². The zero-order chi connectivity index (χ0) is 12.3. The number of rotatable bonds is 3. The molecule has 0 amide bonds. The molecule has 0 aliphatic carbocycles. The fourth-order valence-electron chi connectivity index (χ4n) is 1.36. The van der Waals surface area contributed by atoms with Gasteiger partial charge in [0.1, 0.15) is 0 Å². The standard InChI is InChI=1S/C12H9F3N2/c13-10-5-9(6-11(14)12(10)15)17-7-8-1-3-16-4-2-8/h1-6,17H,7H2. The molecule has 0 aliphatic heterocycles. The first-order valence-corrected chi connectivity index (χ1v) is 4.94. The lowest BCUT2D eigenvalue weighted by molar-refractivity contribution is 0.447. The lowest BCUT2D eigenvalue weighted by Gasteiger charge is -2.07. The molecule has 0 fully saturated rings. The third kappa shape index (κ3) is 2.75. The van der Waals surface area contributed by atoms with Gasteiger partial charge in [0.2, 0.25) is 0 Å². The largest absolute Gasteiger partial charge is 0.381 e. The number of anilines is 1. The maximum Gasteiger partial charge on any atom is 0.194 e. The van der Waals surface area contributed by atoms with Crippen LogP contribution in [0.3, 0.4) is 0 Å². The highest BCUT2D eigenvalue weighted by molar-refractivity contribution is 5.44. The first-order valence-electron chi connectivity index (χ1n) is 4.94. The molecule has 5 heteroatoms. The monoisotopic (exact) mass is 238 g/mol. The fourth-order valence-corrected chi connectivity index (χ4v) is 1.36. The van der Waals surface area contributed by atoms with Crippen LogP contribution in [0.15, 0.2) is 36.7 Å². The van der Waals surface area contributed by atoms with Crippen molar-refractivity contribution in [3.63, 3.8) is 0 Å². The van der Waals surface area contributed by atoms with E-state index in [4.69, 9.17) is 0 Å². The Hall–Kier alpha value is -2.04. The average molecular weight is 238 g/mol. The van der Waals surface area contributed by atoms with Crippen molar-refractivity contribution in [2.75, 3.05) is 5.32 Å². The van der Waals surface area contributed by atoms with Crippen LogP contribution in [0.2, 0.25) is 0 Å². The Morgan fingerprint density at radius 2 is 1.59 bits per heavy atom. The molecule has 2 nitrogen and oxygen atoms in total. The minimum atomic E-state index is -1.46. The van der Waals surface area contributed by atoms with E-state index in [1.54, 1.807) is 24.5 Å². The molecular formula is C12H9F3N2. The summed E-state index contributed by atoms with van der Waals surface area (Å²) in [4.78, 5) is 3.84. The SMILES string of the molecule is Fc1cc(NCc2ccncc2)cc(F)c1F. The molecule has 0 radical (unpaired) electrons. The second-order valence-corrected chi connectivity index (χ2v) is 3.46. The fraction of sp³-hybridized carbons (Fsp3) is 0.0833. The van der Waals surface area contributed by atoms with Gasteiger partial charge in [-0.15, -0.1) is 0 Å². The van der Waals surface area contributed by atoms with Gasteiger partial charge in [-0.3, -0.25) is 4.98 Å². The van der Waals surface area contributed by atoms with Crippen LogP contribution in [0.4, 0.5) is 18.9 Å². The van der Waals surface area contributed by atoms with E-state index in [0.717, 1.165) is 17.7 Å². The lowest BCUT2D eigenvalue weighted by atomic mass is 10.2. The Morgan fingerprint density at radius 3 is 2.18 bits per heavy atom. The van der Waals surface area contributed by atoms with E-state index in [1.165, 1.54) is 0 Å². The van der Waals surface area contributed by atoms with Crippen LogP contribution in [0.5, 0.6) is 0 Å². The second-order valence-electron chi connectivity index (χ2n) is 3.46. The minimum absolute atomic E-state index is 0.193. The number of aromatic nitrogens is 1. The number of benzene rings is 1. The zero-order valence-corrected chi connectivity index (χ0v) is 8.75. The van der Waals surface area contributed by atoms with Crippen molar-refractivity contribution >= 4 is 5.69 Å². The molecule has 0 spiro atoms. The Balaban J connectivity index is 2.10. The third-order valence-corrected chi connectivity index (χ3v) is 2.23. The summed E-state index contributed by atoms with van der Waals surface area (Å²) < 4.78 is 38.5. The second kappa shape index (κ2) is 4.86. The Kier molecular flexibility index (Phi) is 3.27. The van der Waals surface area contributed by atoms with Crippen molar-refractivity contribution in [1.29, 1.82) is 0 Å². The van der Waals surface area contributed by atoms with Gasteiger partial charge in [-0.2, -0.15) is 0 Å². The minimum Gasteiger partial charge on any atom is -0.381 e. The van der Waals surface area contributed by atoms with Crippen molar-refractivity contribution < 1.29 is 13.2 Å². The van der Waals surface area contributed by atoms with Crippen LogP contribution < -0.4 is 5.32 Å². The molecule has 1 heterocycles. The van der Waals surface area contributed by atoms with Crippen molar-refractivity contribution in [2.45, 2.75) is 6.54 Å². The highest BCUT2D eigenvalue weighted by atomic mass is 19.2. The van der Waals surface area contributed by atoms with E-state index in [2.05, 4.69) is 10.3 Å². The summed E-state index contributed by atoms with van der Waals surface area (Å²) in [6.07, 6.45) is 3.23. The van der Waals surface area contributed by atoms with E-state index in [-0.39, 0.29) is 5.69 Å². The van der Waals surface area contributed by atoms with Crippen LogP contribution in [0, 0.1) is 17.5 Å². The van der Waals surface area contributed by atoms with Crippen molar-refractivity contribution in [2.24, 2.45) is 0 Å². The molecule has 2 aromatic rings. The van der Waals surface area contributed by atoms with Crippen LogP contribution in [-0.4, -0.2) is 4.98 Å². The number of halogens is 3. The molecule has 17 heavy (non-hydrogen) atoms. The molecular weight excluding hydrogens is 229 g/mol. The number of nitrogens with one attached hydrogen (secondary N) is 1. The number of nitrogens with zero attached hydrogens (tertiary/aromatic N) is 1. The first kappa shape index (κ1) is 11.4. The van der Waals surface area contributed by atoms with Crippen molar-refractivity contribution in [3.05, 3.63) is 59.7 Å². The van der Waals surface area contributed by atoms with Gasteiger partial charge in [-0.1, -0.05) is 0 Å². The predicted octanol–water partition coefficient (Wildman–Crippen LogP) is 3.11. The van der Waals surface area contributed by atoms with E-state index in [9.17, 15) is 13.2 Å². The van der Waals surface area contributed by atoms with Gasteiger partial charge in [-0.05, 0) is 17.7 Å². The summed E-state index contributed by atoms with van der Waals surface area (Å²) in [5, 5.41) is 2.80. The summed E-state index contributed by atoms with van der Waals surface area (Å²) in [5.74, 6) is -3.87. The molecule has 0 atom stereocenters. The maximum atomic E-state index is 12.9.